The van der Waals surface area contributed by atoms with E-state index < -0.39 is 0 Å². The van der Waals surface area contributed by atoms with Gasteiger partial charge >= 0.3 is 0 Å². The minimum Gasteiger partial charge on any atom is -0.311 e. The number of rotatable bonds is 2. The molecule has 0 atom stereocenters. The van der Waals surface area contributed by atoms with Crippen molar-refractivity contribution >= 4 is 5.65 Å². The second-order valence-electron chi connectivity index (χ2n) is 5.23. The van der Waals surface area contributed by atoms with Crippen molar-refractivity contribution in [1.29, 1.82) is 0 Å². The maximum atomic E-state index is 12.5. The van der Waals surface area contributed by atoms with E-state index in [1.807, 2.05) is 35.0 Å². The normalized spacial score (nSPS) is 14.3. The summed E-state index contributed by atoms with van der Waals surface area (Å²) in [5, 5.41) is 3.23. The first-order valence-corrected chi connectivity index (χ1v) is 7.02. The van der Waals surface area contributed by atoms with Crippen molar-refractivity contribution in [3.8, 4) is 0 Å². The van der Waals surface area contributed by atoms with Crippen LogP contribution >= 0.6 is 0 Å². The lowest BCUT2D eigenvalue weighted by atomic mass is 10.1. The van der Waals surface area contributed by atoms with Gasteiger partial charge in [-0.3, -0.25) is 9.36 Å². The van der Waals surface area contributed by atoms with Crippen LogP contribution in [0.4, 0.5) is 0 Å². The molecule has 6 nitrogen and oxygen atoms in total. The second kappa shape index (κ2) is 4.82. The Morgan fingerprint density at radius 3 is 3.19 bits per heavy atom. The van der Waals surface area contributed by atoms with Crippen LogP contribution in [0.25, 0.3) is 5.65 Å². The molecule has 0 saturated carbocycles. The van der Waals surface area contributed by atoms with E-state index in [-0.39, 0.29) is 5.56 Å². The van der Waals surface area contributed by atoms with Crippen molar-refractivity contribution < 1.29 is 0 Å². The highest BCUT2D eigenvalue weighted by Crippen LogP contribution is 2.08. The van der Waals surface area contributed by atoms with Gasteiger partial charge in [0.15, 0.2) is 0 Å². The Hall–Kier alpha value is -2.47. The van der Waals surface area contributed by atoms with Crippen molar-refractivity contribution in [3.05, 3.63) is 64.2 Å². The zero-order chi connectivity index (χ0) is 14.2. The summed E-state index contributed by atoms with van der Waals surface area (Å²) in [5.41, 5.74) is 3.51. The molecule has 106 valence electrons. The fraction of sp³-hybridized carbons (Fsp3) is 0.267. The molecule has 0 saturated heterocycles. The van der Waals surface area contributed by atoms with Gasteiger partial charge in [-0.2, -0.15) is 0 Å². The molecule has 0 aliphatic carbocycles. The monoisotopic (exact) mass is 281 g/mol. The number of nitrogens with one attached hydrogen (secondary N) is 1. The van der Waals surface area contributed by atoms with Crippen molar-refractivity contribution in [2.24, 2.45) is 0 Å². The maximum absolute atomic E-state index is 12.5. The molecule has 4 heterocycles. The topological polar surface area (TPSA) is 64.2 Å². The van der Waals surface area contributed by atoms with Crippen molar-refractivity contribution in [2.75, 3.05) is 6.54 Å². The predicted molar refractivity (Wildman–Crippen MR) is 78.2 cm³/mol. The van der Waals surface area contributed by atoms with E-state index in [1.165, 1.54) is 0 Å². The standard InChI is InChI=1S/C15H15N5O/c21-15-12-4-5-16-7-13(12)17-10-20(15)9-11-8-19-6-2-1-3-14(19)18-11/h1-3,6,8,10,16H,4-5,7,9H2. The third-order valence-corrected chi connectivity index (χ3v) is 3.81. The number of aromatic nitrogens is 4. The molecule has 0 aromatic carbocycles. The van der Waals surface area contributed by atoms with Crippen molar-refractivity contribution in [1.82, 2.24) is 24.3 Å². The lowest BCUT2D eigenvalue weighted by Gasteiger charge is -2.16. The van der Waals surface area contributed by atoms with Crippen LogP contribution in [0.3, 0.4) is 0 Å². The fourth-order valence-electron chi connectivity index (χ4n) is 2.74. The minimum atomic E-state index is 0.0542. The average molecular weight is 281 g/mol. The molecule has 0 amide bonds. The lowest BCUT2D eigenvalue weighted by molar-refractivity contribution is 0.595. The average Bonchev–Trinajstić information content (AvgIpc) is 2.93. The van der Waals surface area contributed by atoms with E-state index in [0.29, 0.717) is 13.1 Å². The van der Waals surface area contributed by atoms with Gasteiger partial charge in [0.25, 0.3) is 5.56 Å². The molecule has 0 spiro atoms. The summed E-state index contributed by atoms with van der Waals surface area (Å²) in [7, 11) is 0. The van der Waals surface area contributed by atoms with Gasteiger partial charge < -0.3 is 9.72 Å². The number of imidazole rings is 1. The van der Waals surface area contributed by atoms with Gasteiger partial charge in [0.2, 0.25) is 0 Å². The molecule has 1 aliphatic heterocycles. The Kier molecular flexibility index (Phi) is 2.82. The quantitative estimate of drug-likeness (QED) is 0.746. The number of hydrogen-bond acceptors (Lipinski definition) is 4. The first-order chi connectivity index (χ1) is 10.3. The number of hydrogen-bond donors (Lipinski definition) is 1. The largest absolute Gasteiger partial charge is 0.311 e. The summed E-state index contributed by atoms with van der Waals surface area (Å²) in [6.07, 6.45) is 6.26. The Morgan fingerprint density at radius 2 is 2.29 bits per heavy atom. The van der Waals surface area contributed by atoms with Gasteiger partial charge in [0.05, 0.1) is 24.3 Å². The third kappa shape index (κ3) is 2.13. The van der Waals surface area contributed by atoms with Crippen LogP contribution in [0.1, 0.15) is 17.0 Å². The van der Waals surface area contributed by atoms with Crippen molar-refractivity contribution in [3.63, 3.8) is 0 Å². The molecule has 6 heteroatoms. The van der Waals surface area contributed by atoms with Gasteiger partial charge in [0, 0.05) is 24.5 Å². The summed E-state index contributed by atoms with van der Waals surface area (Å²) >= 11 is 0. The smallest absolute Gasteiger partial charge is 0.257 e. The molecule has 1 N–H and O–H groups in total. The molecule has 0 radical (unpaired) electrons. The highest BCUT2D eigenvalue weighted by molar-refractivity contribution is 5.39. The number of pyridine rings is 1. The van der Waals surface area contributed by atoms with Gasteiger partial charge in [-0.1, -0.05) is 6.07 Å². The maximum Gasteiger partial charge on any atom is 0.257 e. The Morgan fingerprint density at radius 1 is 1.33 bits per heavy atom. The Labute approximate surface area is 121 Å². The molecule has 1 aliphatic rings. The highest BCUT2D eigenvalue weighted by Gasteiger charge is 2.15. The van der Waals surface area contributed by atoms with E-state index in [4.69, 9.17) is 0 Å². The molecule has 21 heavy (non-hydrogen) atoms. The van der Waals surface area contributed by atoms with Crippen molar-refractivity contribution in [2.45, 2.75) is 19.5 Å². The first kappa shape index (κ1) is 12.3. The van der Waals surface area contributed by atoms with Crippen LogP contribution in [-0.2, 0) is 19.5 Å². The van der Waals surface area contributed by atoms with Crippen LogP contribution in [0.15, 0.2) is 41.7 Å². The number of nitrogens with zero attached hydrogens (tertiary/aromatic N) is 4. The van der Waals surface area contributed by atoms with Crippen LogP contribution in [0.2, 0.25) is 0 Å². The molecule has 0 unspecified atom stereocenters. The zero-order valence-electron chi connectivity index (χ0n) is 11.5. The SMILES string of the molecule is O=c1c2c(ncn1Cc1cn3ccccc3n1)CNCC2. The van der Waals surface area contributed by atoms with Gasteiger partial charge in [-0.05, 0) is 25.1 Å². The molecule has 0 bridgehead atoms. The van der Waals surface area contributed by atoms with Crippen LogP contribution in [0, 0.1) is 0 Å². The molecular weight excluding hydrogens is 266 g/mol. The summed E-state index contributed by atoms with van der Waals surface area (Å²) in [5.74, 6) is 0. The molecular formula is C15H15N5O. The van der Waals surface area contributed by atoms with Gasteiger partial charge in [-0.25, -0.2) is 9.97 Å². The van der Waals surface area contributed by atoms with Crippen LogP contribution in [0.5, 0.6) is 0 Å². The zero-order valence-corrected chi connectivity index (χ0v) is 11.5. The van der Waals surface area contributed by atoms with E-state index in [9.17, 15) is 4.79 Å². The first-order valence-electron chi connectivity index (χ1n) is 7.02. The highest BCUT2D eigenvalue weighted by atomic mass is 16.1. The second-order valence-corrected chi connectivity index (χ2v) is 5.23. The van der Waals surface area contributed by atoms with E-state index in [2.05, 4.69) is 15.3 Å². The summed E-state index contributed by atoms with van der Waals surface area (Å²) in [6.45, 7) is 1.97. The third-order valence-electron chi connectivity index (χ3n) is 3.81. The Bertz CT molecular complexity index is 831. The fourth-order valence-corrected chi connectivity index (χ4v) is 2.74. The summed E-state index contributed by atoms with van der Waals surface area (Å²) in [6, 6.07) is 5.85. The Balaban J connectivity index is 1.72. The molecule has 4 rings (SSSR count). The predicted octanol–water partition coefficient (Wildman–Crippen LogP) is 0.585. The van der Waals surface area contributed by atoms with E-state index in [1.54, 1.807) is 10.9 Å². The van der Waals surface area contributed by atoms with Crippen LogP contribution < -0.4 is 10.9 Å². The summed E-state index contributed by atoms with van der Waals surface area (Å²) < 4.78 is 3.60. The van der Waals surface area contributed by atoms with E-state index >= 15 is 0 Å². The van der Waals surface area contributed by atoms with Gasteiger partial charge in [0.1, 0.15) is 5.65 Å². The molecule has 0 fully saturated rings. The summed E-state index contributed by atoms with van der Waals surface area (Å²) in [4.78, 5) is 21.4. The number of fused-ring (bicyclic) bond motifs is 2. The lowest BCUT2D eigenvalue weighted by Crippen LogP contribution is -2.34. The molecule has 3 aromatic heterocycles. The molecule has 3 aromatic rings. The van der Waals surface area contributed by atoms with Crippen LogP contribution in [-0.4, -0.2) is 25.5 Å². The van der Waals surface area contributed by atoms with Gasteiger partial charge in [-0.15, -0.1) is 0 Å². The van der Waals surface area contributed by atoms with E-state index in [0.717, 1.165) is 35.6 Å². The minimum absolute atomic E-state index is 0.0542.